The fourth-order valence-corrected chi connectivity index (χ4v) is 4.23. The Labute approximate surface area is 182 Å². The van der Waals surface area contributed by atoms with Crippen molar-refractivity contribution < 1.29 is 9.53 Å². The van der Waals surface area contributed by atoms with Crippen LogP contribution in [-0.4, -0.2) is 56.7 Å². The molecule has 158 valence electrons. The number of nitrogens with two attached hydrogens (primary N) is 1. The number of halogens is 1. The molecule has 9 nitrogen and oxygen atoms in total. The third kappa shape index (κ3) is 3.31. The Morgan fingerprint density at radius 1 is 1.29 bits per heavy atom. The monoisotopic (exact) mass is 437 g/mol. The number of morpholine rings is 1. The van der Waals surface area contributed by atoms with Crippen LogP contribution < -0.4 is 10.6 Å². The maximum atomic E-state index is 12.2. The first-order valence-electron chi connectivity index (χ1n) is 9.86. The van der Waals surface area contributed by atoms with Gasteiger partial charge in [0.05, 0.1) is 36.0 Å². The number of carbonyl (C=O) groups is 1. The first-order chi connectivity index (χ1) is 15.0. The summed E-state index contributed by atoms with van der Waals surface area (Å²) in [6.07, 6.45) is 3.43. The van der Waals surface area contributed by atoms with Crippen LogP contribution in [0.3, 0.4) is 0 Å². The molecule has 4 aromatic rings. The zero-order valence-electron chi connectivity index (χ0n) is 16.7. The predicted molar refractivity (Wildman–Crippen MR) is 118 cm³/mol. The number of aromatic nitrogens is 5. The molecule has 1 atom stereocenters. The number of anilines is 1. The van der Waals surface area contributed by atoms with Crippen LogP contribution in [0.15, 0.2) is 42.7 Å². The van der Waals surface area contributed by atoms with E-state index in [0.29, 0.717) is 41.8 Å². The highest BCUT2D eigenvalue weighted by Crippen LogP contribution is 2.36. The molecule has 1 aliphatic rings. The molecule has 3 N–H and O–H groups in total. The van der Waals surface area contributed by atoms with Crippen LogP contribution in [0.5, 0.6) is 0 Å². The molecule has 31 heavy (non-hydrogen) atoms. The normalized spacial score (nSPS) is 16.7. The lowest BCUT2D eigenvalue weighted by atomic mass is 9.97. The number of hydrogen-bond acceptors (Lipinski definition) is 6. The Balaban J connectivity index is 1.80. The van der Waals surface area contributed by atoms with Crippen molar-refractivity contribution in [3.05, 3.63) is 53.3 Å². The molecule has 1 saturated heterocycles. The van der Waals surface area contributed by atoms with E-state index in [1.807, 2.05) is 18.2 Å². The summed E-state index contributed by atoms with van der Waals surface area (Å²) >= 11 is 6.35. The highest BCUT2D eigenvalue weighted by atomic mass is 35.5. The van der Waals surface area contributed by atoms with Gasteiger partial charge in [0, 0.05) is 24.2 Å². The molecule has 5 rings (SSSR count). The van der Waals surface area contributed by atoms with E-state index in [4.69, 9.17) is 27.1 Å². The van der Waals surface area contributed by atoms with Crippen molar-refractivity contribution in [3.8, 4) is 16.9 Å². The van der Waals surface area contributed by atoms with Crippen molar-refractivity contribution >= 4 is 34.4 Å². The highest BCUT2D eigenvalue weighted by Gasteiger charge is 2.25. The molecule has 0 aliphatic carbocycles. The predicted octanol–water partition coefficient (Wildman–Crippen LogP) is 2.79. The summed E-state index contributed by atoms with van der Waals surface area (Å²) < 4.78 is 7.26. The molecule has 10 heteroatoms. The number of rotatable bonds is 4. The lowest BCUT2D eigenvalue weighted by Crippen LogP contribution is -2.44. The summed E-state index contributed by atoms with van der Waals surface area (Å²) in [6.45, 7) is 4.01. The number of ether oxygens (including phenoxy) is 1. The fraction of sp³-hybridized carbons (Fsp3) is 0.238. The van der Waals surface area contributed by atoms with Gasteiger partial charge < -0.3 is 15.4 Å². The summed E-state index contributed by atoms with van der Waals surface area (Å²) in [6, 6.07) is 9.19. The summed E-state index contributed by atoms with van der Waals surface area (Å²) in [4.78, 5) is 19.3. The number of benzene rings is 1. The zero-order valence-corrected chi connectivity index (χ0v) is 17.5. The Bertz CT molecular complexity index is 1270. The summed E-state index contributed by atoms with van der Waals surface area (Å²) in [5.74, 6) is 0.777. The number of fused-ring (bicyclic) bond motifs is 1. The van der Waals surface area contributed by atoms with Gasteiger partial charge in [-0.1, -0.05) is 23.7 Å². The average Bonchev–Trinajstić information content (AvgIpc) is 3.42. The van der Waals surface area contributed by atoms with Gasteiger partial charge in [-0.25, -0.2) is 4.98 Å². The standard InChI is InChI=1S/C21H20ClN7O2/c1-12-11-31-8-7-28(12)18-9-14(13-3-2-4-16(22)19(13)20(23)30)15-10-25-29(21(15)26-18)17-5-6-24-27-17/h2-6,9-10,12H,7-8,11H2,1H3,(H2,23,30)(H,24,27)/t12-/m1/s1. The molecular formula is C21H20ClN7O2. The molecule has 1 aliphatic heterocycles. The Hall–Kier alpha value is -3.43. The Morgan fingerprint density at radius 3 is 2.90 bits per heavy atom. The topological polar surface area (TPSA) is 115 Å². The van der Waals surface area contributed by atoms with Gasteiger partial charge in [0.1, 0.15) is 5.82 Å². The van der Waals surface area contributed by atoms with Crippen molar-refractivity contribution in [2.75, 3.05) is 24.7 Å². The van der Waals surface area contributed by atoms with Gasteiger partial charge in [0.2, 0.25) is 0 Å². The minimum absolute atomic E-state index is 0.142. The zero-order chi connectivity index (χ0) is 21.5. The second kappa shape index (κ2) is 7.68. The second-order valence-electron chi connectivity index (χ2n) is 7.40. The summed E-state index contributed by atoms with van der Waals surface area (Å²) in [5.41, 5.74) is 7.98. The van der Waals surface area contributed by atoms with Gasteiger partial charge in [-0.2, -0.15) is 14.9 Å². The van der Waals surface area contributed by atoms with Crippen LogP contribution in [0.4, 0.5) is 5.82 Å². The van der Waals surface area contributed by atoms with Gasteiger partial charge in [-0.3, -0.25) is 9.89 Å². The Morgan fingerprint density at radius 2 is 2.16 bits per heavy atom. The first-order valence-corrected chi connectivity index (χ1v) is 10.2. The fourth-order valence-electron chi connectivity index (χ4n) is 3.96. The number of H-pyrrole nitrogens is 1. The minimum Gasteiger partial charge on any atom is -0.377 e. The van der Waals surface area contributed by atoms with Gasteiger partial charge in [-0.15, -0.1) is 0 Å². The molecule has 0 unspecified atom stereocenters. The molecule has 0 saturated carbocycles. The first kappa shape index (κ1) is 19.5. The number of hydrogen-bond donors (Lipinski definition) is 2. The van der Waals surface area contributed by atoms with Crippen LogP contribution in [0.2, 0.25) is 5.02 Å². The van der Waals surface area contributed by atoms with Crippen LogP contribution in [0, 0.1) is 0 Å². The maximum absolute atomic E-state index is 12.2. The van der Waals surface area contributed by atoms with Crippen molar-refractivity contribution in [1.29, 1.82) is 0 Å². The van der Waals surface area contributed by atoms with E-state index >= 15 is 0 Å². The molecule has 3 aromatic heterocycles. The molecule has 1 fully saturated rings. The number of nitrogens with zero attached hydrogens (tertiary/aromatic N) is 5. The average molecular weight is 438 g/mol. The van der Waals surface area contributed by atoms with E-state index in [1.165, 1.54) is 0 Å². The van der Waals surface area contributed by atoms with Crippen LogP contribution in [0.1, 0.15) is 17.3 Å². The highest BCUT2D eigenvalue weighted by molar-refractivity contribution is 6.34. The van der Waals surface area contributed by atoms with E-state index in [-0.39, 0.29) is 11.6 Å². The van der Waals surface area contributed by atoms with Crippen molar-refractivity contribution in [2.45, 2.75) is 13.0 Å². The molecule has 1 aromatic carbocycles. The molecule has 0 bridgehead atoms. The second-order valence-corrected chi connectivity index (χ2v) is 7.81. The van der Waals surface area contributed by atoms with E-state index < -0.39 is 5.91 Å². The third-order valence-electron chi connectivity index (χ3n) is 5.44. The van der Waals surface area contributed by atoms with Crippen molar-refractivity contribution in [1.82, 2.24) is 25.0 Å². The smallest absolute Gasteiger partial charge is 0.250 e. The van der Waals surface area contributed by atoms with E-state index in [2.05, 4.69) is 27.1 Å². The molecule has 0 spiro atoms. The summed E-state index contributed by atoms with van der Waals surface area (Å²) in [7, 11) is 0. The van der Waals surface area contributed by atoms with Crippen molar-refractivity contribution in [2.24, 2.45) is 5.73 Å². The summed E-state index contributed by atoms with van der Waals surface area (Å²) in [5, 5.41) is 12.6. The van der Waals surface area contributed by atoms with E-state index in [1.54, 1.807) is 29.2 Å². The number of aromatic amines is 1. The van der Waals surface area contributed by atoms with Crippen LogP contribution >= 0.6 is 11.6 Å². The van der Waals surface area contributed by atoms with Crippen LogP contribution in [-0.2, 0) is 4.74 Å². The number of primary amides is 1. The Kier molecular flexibility index (Phi) is 4.84. The largest absolute Gasteiger partial charge is 0.377 e. The minimum atomic E-state index is -0.591. The number of amides is 1. The van der Waals surface area contributed by atoms with E-state index in [9.17, 15) is 4.79 Å². The quantitative estimate of drug-likeness (QED) is 0.507. The van der Waals surface area contributed by atoms with Gasteiger partial charge in [-0.05, 0) is 30.2 Å². The lowest BCUT2D eigenvalue weighted by molar-refractivity contribution is 0.0985. The molecular weight excluding hydrogens is 418 g/mol. The van der Waals surface area contributed by atoms with Gasteiger partial charge in [0.15, 0.2) is 11.5 Å². The molecule has 0 radical (unpaired) electrons. The van der Waals surface area contributed by atoms with Crippen LogP contribution in [0.25, 0.3) is 28.0 Å². The lowest BCUT2D eigenvalue weighted by Gasteiger charge is -2.34. The third-order valence-corrected chi connectivity index (χ3v) is 5.76. The number of pyridine rings is 1. The van der Waals surface area contributed by atoms with Gasteiger partial charge in [0.25, 0.3) is 5.91 Å². The van der Waals surface area contributed by atoms with Gasteiger partial charge >= 0.3 is 0 Å². The number of carbonyl (C=O) groups excluding carboxylic acids is 1. The van der Waals surface area contributed by atoms with E-state index in [0.717, 1.165) is 16.8 Å². The number of nitrogens with one attached hydrogen (secondary N) is 1. The molecule has 4 heterocycles. The molecule has 1 amide bonds. The van der Waals surface area contributed by atoms with Crippen molar-refractivity contribution in [3.63, 3.8) is 0 Å². The maximum Gasteiger partial charge on any atom is 0.250 e. The SMILES string of the molecule is C[C@@H]1COCCN1c1cc(-c2cccc(Cl)c2C(N)=O)c2cnn(-c3cc[nH]n3)c2n1.